The number of rotatable bonds is 3. The average Bonchev–Trinajstić information content (AvgIpc) is 2.94. The molecule has 23 heavy (non-hydrogen) atoms. The normalized spacial score (nSPS) is 19.9. The Labute approximate surface area is 142 Å². The van der Waals surface area contributed by atoms with E-state index in [9.17, 15) is 0 Å². The summed E-state index contributed by atoms with van der Waals surface area (Å²) in [5.74, 6) is 2.47. The number of thioether (sulfide) groups is 1. The van der Waals surface area contributed by atoms with Crippen LogP contribution in [0.2, 0.25) is 0 Å². The fourth-order valence-electron chi connectivity index (χ4n) is 2.84. The minimum Gasteiger partial charge on any atom is -0.497 e. The van der Waals surface area contributed by atoms with Crippen molar-refractivity contribution in [1.29, 1.82) is 0 Å². The third kappa shape index (κ3) is 2.55. The third-order valence-corrected chi connectivity index (χ3v) is 5.87. The number of para-hydroxylation sites is 1. The van der Waals surface area contributed by atoms with E-state index < -0.39 is 4.93 Å². The monoisotopic (exact) mass is 330 g/mol. The molecule has 1 aliphatic heterocycles. The van der Waals surface area contributed by atoms with Crippen LogP contribution in [0.3, 0.4) is 0 Å². The number of fused-ring (bicyclic) bond motifs is 1. The Balaban J connectivity index is 2.17. The smallest absolute Gasteiger partial charge is 0.193 e. The molecule has 2 aromatic carbocycles. The number of hydrogen-bond acceptors (Lipinski definition) is 4. The van der Waals surface area contributed by atoms with Crippen molar-refractivity contribution >= 4 is 11.8 Å². The van der Waals surface area contributed by atoms with Gasteiger partial charge in [0, 0.05) is 17.0 Å². The lowest BCUT2D eigenvalue weighted by Crippen LogP contribution is -2.40. The molecule has 0 aromatic heterocycles. The van der Waals surface area contributed by atoms with E-state index in [1.54, 1.807) is 26.0 Å². The molecule has 0 amide bonds. The quantitative estimate of drug-likeness (QED) is 0.784. The highest BCUT2D eigenvalue weighted by Crippen LogP contribution is 2.62. The van der Waals surface area contributed by atoms with Gasteiger partial charge in [-0.3, -0.25) is 0 Å². The minimum atomic E-state index is -0.547. The van der Waals surface area contributed by atoms with E-state index in [1.165, 1.54) is 0 Å². The molecule has 0 radical (unpaired) electrons. The Bertz CT molecular complexity index is 694. The van der Waals surface area contributed by atoms with Crippen molar-refractivity contribution in [2.24, 2.45) is 5.41 Å². The fourth-order valence-corrected chi connectivity index (χ4v) is 4.22. The summed E-state index contributed by atoms with van der Waals surface area (Å²) in [7, 11) is 3.34. The standard InChI is InChI=1S/C19H22O3S/c1-18(2,3)19(22-15-8-6-7-9-17(15)23-19)14-11-10-13(20-4)12-16(14)21-5/h6-12H,1-5H3. The highest BCUT2D eigenvalue weighted by molar-refractivity contribution is 8.00. The molecule has 2 aromatic rings. The molecule has 1 unspecified atom stereocenters. The first-order valence-electron chi connectivity index (χ1n) is 7.61. The van der Waals surface area contributed by atoms with E-state index in [0.29, 0.717) is 0 Å². The molecule has 3 rings (SSSR count). The van der Waals surface area contributed by atoms with Gasteiger partial charge in [0.15, 0.2) is 4.93 Å². The second-order valence-corrected chi connectivity index (χ2v) is 7.80. The molecule has 1 heterocycles. The highest BCUT2D eigenvalue weighted by Gasteiger charge is 2.52. The van der Waals surface area contributed by atoms with Crippen LogP contribution in [0, 0.1) is 5.41 Å². The number of benzene rings is 2. The summed E-state index contributed by atoms with van der Waals surface area (Å²) < 4.78 is 17.5. The molecule has 0 spiro atoms. The van der Waals surface area contributed by atoms with Crippen LogP contribution in [0.25, 0.3) is 0 Å². The van der Waals surface area contributed by atoms with Crippen LogP contribution in [0.5, 0.6) is 17.2 Å². The Morgan fingerprint density at radius 1 is 1.00 bits per heavy atom. The predicted octanol–water partition coefficient (Wildman–Crippen LogP) is 5.09. The lowest BCUT2D eigenvalue weighted by Gasteiger charge is -2.40. The van der Waals surface area contributed by atoms with Crippen LogP contribution in [-0.4, -0.2) is 14.2 Å². The zero-order valence-electron chi connectivity index (χ0n) is 14.2. The van der Waals surface area contributed by atoms with Crippen molar-refractivity contribution in [1.82, 2.24) is 0 Å². The summed E-state index contributed by atoms with van der Waals surface area (Å²) in [6, 6.07) is 14.1. The van der Waals surface area contributed by atoms with Gasteiger partial charge in [-0.25, -0.2) is 0 Å². The Morgan fingerprint density at radius 2 is 1.74 bits per heavy atom. The summed E-state index contributed by atoms with van der Waals surface area (Å²) in [5.41, 5.74) is 0.882. The van der Waals surface area contributed by atoms with Crippen molar-refractivity contribution in [3.8, 4) is 17.2 Å². The Morgan fingerprint density at radius 3 is 2.35 bits per heavy atom. The molecule has 122 valence electrons. The van der Waals surface area contributed by atoms with E-state index in [1.807, 2.05) is 36.4 Å². The van der Waals surface area contributed by atoms with Gasteiger partial charge < -0.3 is 14.2 Å². The summed E-state index contributed by atoms with van der Waals surface area (Å²) in [6.45, 7) is 6.57. The first-order valence-corrected chi connectivity index (χ1v) is 8.42. The largest absolute Gasteiger partial charge is 0.497 e. The fraction of sp³-hybridized carbons (Fsp3) is 0.368. The third-order valence-electron chi connectivity index (χ3n) is 4.11. The molecular weight excluding hydrogens is 308 g/mol. The van der Waals surface area contributed by atoms with E-state index in [2.05, 4.69) is 26.8 Å². The van der Waals surface area contributed by atoms with Crippen LogP contribution in [0.4, 0.5) is 0 Å². The number of hydrogen-bond donors (Lipinski definition) is 0. The topological polar surface area (TPSA) is 27.7 Å². The van der Waals surface area contributed by atoms with Gasteiger partial charge in [0.1, 0.15) is 17.2 Å². The second-order valence-electron chi connectivity index (χ2n) is 6.58. The van der Waals surface area contributed by atoms with Gasteiger partial charge in [0.05, 0.1) is 19.1 Å². The lowest BCUT2D eigenvalue weighted by atomic mass is 9.83. The van der Waals surface area contributed by atoms with Gasteiger partial charge in [-0.15, -0.1) is 0 Å². The molecule has 4 heteroatoms. The summed E-state index contributed by atoms with van der Waals surface area (Å²) in [4.78, 5) is 0.606. The average molecular weight is 330 g/mol. The molecular formula is C19H22O3S. The maximum atomic E-state index is 6.50. The van der Waals surface area contributed by atoms with Gasteiger partial charge in [-0.2, -0.15) is 0 Å². The Kier molecular flexibility index (Phi) is 3.96. The molecule has 0 bridgehead atoms. The van der Waals surface area contributed by atoms with Gasteiger partial charge in [-0.1, -0.05) is 44.7 Å². The first kappa shape index (κ1) is 16.1. The molecule has 0 N–H and O–H groups in total. The minimum absolute atomic E-state index is 0.140. The van der Waals surface area contributed by atoms with Gasteiger partial charge in [-0.05, 0) is 24.3 Å². The second kappa shape index (κ2) is 5.68. The van der Waals surface area contributed by atoms with Crippen molar-refractivity contribution in [2.45, 2.75) is 30.6 Å². The van der Waals surface area contributed by atoms with Crippen LogP contribution in [0.1, 0.15) is 26.3 Å². The van der Waals surface area contributed by atoms with Crippen LogP contribution in [-0.2, 0) is 4.93 Å². The van der Waals surface area contributed by atoms with E-state index in [-0.39, 0.29) is 5.41 Å². The SMILES string of the molecule is COc1ccc(C2(C(C)(C)C)Oc3ccccc3S2)c(OC)c1. The molecule has 0 saturated carbocycles. The van der Waals surface area contributed by atoms with Crippen molar-refractivity contribution < 1.29 is 14.2 Å². The van der Waals surface area contributed by atoms with E-state index in [0.717, 1.165) is 27.7 Å². The lowest BCUT2D eigenvalue weighted by molar-refractivity contribution is 0.0538. The van der Waals surface area contributed by atoms with Gasteiger partial charge >= 0.3 is 0 Å². The molecule has 1 atom stereocenters. The molecule has 1 aliphatic rings. The molecule has 0 fully saturated rings. The zero-order valence-corrected chi connectivity index (χ0v) is 15.0. The summed E-state index contributed by atoms with van der Waals surface area (Å²) >= 11 is 1.74. The van der Waals surface area contributed by atoms with Crippen molar-refractivity contribution in [2.75, 3.05) is 14.2 Å². The molecule has 0 aliphatic carbocycles. The number of ether oxygens (including phenoxy) is 3. The first-order chi connectivity index (χ1) is 10.9. The summed E-state index contributed by atoms with van der Waals surface area (Å²) in [5, 5.41) is 0. The zero-order chi connectivity index (χ0) is 16.7. The van der Waals surface area contributed by atoms with Crippen molar-refractivity contribution in [3.63, 3.8) is 0 Å². The summed E-state index contributed by atoms with van der Waals surface area (Å²) in [6.07, 6.45) is 0. The van der Waals surface area contributed by atoms with Crippen molar-refractivity contribution in [3.05, 3.63) is 48.0 Å². The predicted molar refractivity (Wildman–Crippen MR) is 93.6 cm³/mol. The van der Waals surface area contributed by atoms with Gasteiger partial charge in [0.25, 0.3) is 0 Å². The van der Waals surface area contributed by atoms with Crippen LogP contribution < -0.4 is 14.2 Å². The van der Waals surface area contributed by atoms with Gasteiger partial charge in [0.2, 0.25) is 0 Å². The Hall–Kier alpha value is -1.81. The molecule has 3 nitrogen and oxygen atoms in total. The van der Waals surface area contributed by atoms with E-state index in [4.69, 9.17) is 14.2 Å². The maximum Gasteiger partial charge on any atom is 0.193 e. The molecule has 0 saturated heterocycles. The number of methoxy groups -OCH3 is 2. The maximum absolute atomic E-state index is 6.50. The van der Waals surface area contributed by atoms with Crippen LogP contribution >= 0.6 is 11.8 Å². The highest BCUT2D eigenvalue weighted by atomic mass is 32.2. The van der Waals surface area contributed by atoms with E-state index >= 15 is 0 Å². The van der Waals surface area contributed by atoms with Crippen LogP contribution in [0.15, 0.2) is 47.4 Å².